The highest BCUT2D eigenvalue weighted by Gasteiger charge is 2.12. The predicted octanol–water partition coefficient (Wildman–Crippen LogP) is 4.28. The van der Waals surface area contributed by atoms with E-state index in [0.29, 0.717) is 0 Å². The number of nitrogens with two attached hydrogens (primary N) is 1. The van der Waals surface area contributed by atoms with Crippen LogP contribution in [0.5, 0.6) is 0 Å². The molecule has 0 bridgehead atoms. The maximum atomic E-state index is 6.07. The Morgan fingerprint density at radius 3 is 2.59 bits per heavy atom. The van der Waals surface area contributed by atoms with Crippen LogP contribution >= 0.6 is 0 Å². The third-order valence-corrected chi connectivity index (χ3v) is 4.63. The highest BCUT2D eigenvalue weighted by Crippen LogP contribution is 2.27. The second-order valence-corrected chi connectivity index (χ2v) is 6.43. The summed E-state index contributed by atoms with van der Waals surface area (Å²) in [5.74, 6) is 6.07. The Morgan fingerprint density at radius 2 is 1.76 bits per heavy atom. The van der Waals surface area contributed by atoms with E-state index in [1.54, 1.807) is 31.0 Å². The summed E-state index contributed by atoms with van der Waals surface area (Å²) >= 11 is 0. The highest BCUT2D eigenvalue weighted by atomic mass is 15.4. The zero-order chi connectivity index (χ0) is 20.2. The van der Waals surface area contributed by atoms with Gasteiger partial charge in [-0.3, -0.25) is 15.0 Å². The van der Waals surface area contributed by atoms with E-state index in [4.69, 9.17) is 5.84 Å². The fourth-order valence-corrected chi connectivity index (χ4v) is 3.04. The molecule has 3 heterocycles. The monoisotopic (exact) mass is 380 g/mol. The van der Waals surface area contributed by atoms with Gasteiger partial charge in [0.05, 0.1) is 23.3 Å². The van der Waals surface area contributed by atoms with Crippen molar-refractivity contribution < 1.29 is 0 Å². The van der Waals surface area contributed by atoms with Crippen molar-refractivity contribution in [3.63, 3.8) is 0 Å². The lowest BCUT2D eigenvalue weighted by Gasteiger charge is -2.14. The number of hydrogen-bond acceptors (Lipinski definition) is 5. The molecule has 29 heavy (non-hydrogen) atoms. The van der Waals surface area contributed by atoms with E-state index >= 15 is 0 Å². The summed E-state index contributed by atoms with van der Waals surface area (Å²) in [6, 6.07) is 13.6. The van der Waals surface area contributed by atoms with Gasteiger partial charge in [-0.05, 0) is 52.9 Å². The molecular formula is C23H20N6. The molecule has 4 aromatic rings. The Kier molecular flexibility index (Phi) is 5.01. The Labute approximate surface area is 168 Å². The van der Waals surface area contributed by atoms with Gasteiger partial charge in [-0.2, -0.15) is 5.10 Å². The lowest BCUT2D eigenvalue weighted by Crippen LogP contribution is -2.23. The molecule has 0 unspecified atom stereocenters. The zero-order valence-electron chi connectivity index (χ0n) is 15.8. The lowest BCUT2D eigenvalue weighted by molar-refractivity contribution is 0.874. The lowest BCUT2D eigenvalue weighted by atomic mass is 10.1. The first kappa shape index (κ1) is 18.3. The summed E-state index contributed by atoms with van der Waals surface area (Å²) in [5, 5.41) is 8.12. The Bertz CT molecular complexity index is 1200. The average Bonchev–Trinajstić information content (AvgIpc) is 3.26. The number of allylic oxidation sites excluding steroid dienone is 3. The van der Waals surface area contributed by atoms with Gasteiger partial charge in [-0.15, -0.1) is 0 Å². The number of hydrazine groups is 1. The minimum absolute atomic E-state index is 0.731. The van der Waals surface area contributed by atoms with E-state index in [1.165, 1.54) is 5.01 Å². The first-order chi connectivity index (χ1) is 14.1. The van der Waals surface area contributed by atoms with Gasteiger partial charge in [0, 0.05) is 36.4 Å². The molecule has 1 aromatic carbocycles. The average molecular weight is 380 g/mol. The number of aromatic nitrogens is 4. The largest absolute Gasteiger partial charge is 0.287 e. The van der Waals surface area contributed by atoms with Crippen molar-refractivity contribution in [3.05, 3.63) is 110 Å². The van der Waals surface area contributed by atoms with Gasteiger partial charge in [0.2, 0.25) is 0 Å². The summed E-state index contributed by atoms with van der Waals surface area (Å²) in [5.41, 5.74) is 4.09. The van der Waals surface area contributed by atoms with Crippen LogP contribution in [-0.4, -0.2) is 19.7 Å². The number of hydrogen-bond donors (Lipinski definition) is 1. The van der Waals surface area contributed by atoms with Crippen LogP contribution in [-0.2, 0) is 0 Å². The van der Waals surface area contributed by atoms with E-state index in [-0.39, 0.29) is 0 Å². The van der Waals surface area contributed by atoms with Crippen molar-refractivity contribution in [1.82, 2.24) is 19.7 Å². The molecule has 6 heteroatoms. The number of benzene rings is 1. The molecule has 142 valence electrons. The molecule has 0 saturated carbocycles. The van der Waals surface area contributed by atoms with Gasteiger partial charge >= 0.3 is 0 Å². The van der Waals surface area contributed by atoms with Crippen LogP contribution < -0.4 is 10.9 Å². The van der Waals surface area contributed by atoms with E-state index in [2.05, 4.69) is 34.3 Å². The van der Waals surface area contributed by atoms with Gasteiger partial charge in [-0.25, -0.2) is 10.5 Å². The number of rotatable bonds is 6. The third kappa shape index (κ3) is 3.69. The second kappa shape index (κ2) is 7.92. The molecule has 0 saturated heterocycles. The summed E-state index contributed by atoms with van der Waals surface area (Å²) < 4.78 is 1.86. The maximum absolute atomic E-state index is 6.07. The van der Waals surface area contributed by atoms with Crippen molar-refractivity contribution in [2.75, 3.05) is 5.01 Å². The standard InChI is InChI=1S/C23H20N6/c1-17(10-15-28(24)20-7-12-25-13-8-20)18(2)22-9-14-27-29(22)23-5-3-4-19-6-11-26-16-21(19)23/h3-16H,1-2,24H2/b15-10-. The Hall–Kier alpha value is -4.03. The van der Waals surface area contributed by atoms with Crippen molar-refractivity contribution in [2.45, 2.75) is 0 Å². The highest BCUT2D eigenvalue weighted by molar-refractivity contribution is 5.90. The van der Waals surface area contributed by atoms with Crippen LogP contribution in [0.25, 0.3) is 22.0 Å². The normalized spacial score (nSPS) is 11.1. The molecule has 0 fully saturated rings. The quantitative estimate of drug-likeness (QED) is 0.307. The van der Waals surface area contributed by atoms with Gasteiger partial charge in [-0.1, -0.05) is 25.3 Å². The Balaban J connectivity index is 1.61. The van der Waals surface area contributed by atoms with Gasteiger partial charge in [0.1, 0.15) is 0 Å². The first-order valence-corrected chi connectivity index (χ1v) is 9.03. The maximum Gasteiger partial charge on any atom is 0.0746 e. The van der Waals surface area contributed by atoms with Crippen LogP contribution in [0.4, 0.5) is 5.69 Å². The molecule has 3 aromatic heterocycles. The Morgan fingerprint density at radius 1 is 0.966 bits per heavy atom. The molecule has 4 rings (SSSR count). The molecule has 0 amide bonds. The van der Waals surface area contributed by atoms with Crippen LogP contribution in [0, 0.1) is 0 Å². The van der Waals surface area contributed by atoms with E-state index in [0.717, 1.165) is 39.0 Å². The van der Waals surface area contributed by atoms with Crippen molar-refractivity contribution in [2.24, 2.45) is 5.84 Å². The smallest absolute Gasteiger partial charge is 0.0746 e. The van der Waals surface area contributed by atoms with Gasteiger partial charge < -0.3 is 0 Å². The molecule has 2 N–H and O–H groups in total. The van der Waals surface area contributed by atoms with Gasteiger partial charge in [0.15, 0.2) is 0 Å². The zero-order valence-corrected chi connectivity index (χ0v) is 15.8. The molecule has 0 aliphatic carbocycles. The van der Waals surface area contributed by atoms with Crippen LogP contribution in [0.1, 0.15) is 5.69 Å². The number of pyridine rings is 2. The first-order valence-electron chi connectivity index (χ1n) is 9.03. The van der Waals surface area contributed by atoms with Crippen molar-refractivity contribution in [3.8, 4) is 5.69 Å². The number of anilines is 1. The van der Waals surface area contributed by atoms with Crippen LogP contribution in [0.3, 0.4) is 0 Å². The number of fused-ring (bicyclic) bond motifs is 1. The molecule has 0 aliphatic heterocycles. The molecule has 0 aliphatic rings. The molecular weight excluding hydrogens is 360 g/mol. The fourth-order valence-electron chi connectivity index (χ4n) is 3.04. The molecule has 0 radical (unpaired) electrons. The predicted molar refractivity (Wildman–Crippen MR) is 117 cm³/mol. The van der Waals surface area contributed by atoms with Gasteiger partial charge in [0.25, 0.3) is 0 Å². The third-order valence-electron chi connectivity index (χ3n) is 4.63. The van der Waals surface area contributed by atoms with E-state index < -0.39 is 0 Å². The van der Waals surface area contributed by atoms with E-state index in [1.807, 2.05) is 53.4 Å². The van der Waals surface area contributed by atoms with E-state index in [9.17, 15) is 0 Å². The fraction of sp³-hybridized carbons (Fsp3) is 0. The second-order valence-electron chi connectivity index (χ2n) is 6.43. The molecule has 6 nitrogen and oxygen atoms in total. The summed E-state index contributed by atoms with van der Waals surface area (Å²) in [4.78, 5) is 8.25. The summed E-state index contributed by atoms with van der Waals surface area (Å²) in [6.07, 6.45) is 12.3. The molecule has 0 atom stereocenters. The number of nitrogens with zero attached hydrogens (tertiary/aromatic N) is 5. The summed E-state index contributed by atoms with van der Waals surface area (Å²) in [7, 11) is 0. The SMILES string of the molecule is C=C(/C=C\N(N)c1ccncc1)C(=C)c1ccnn1-c1cccc2ccncc12. The van der Waals surface area contributed by atoms with Crippen molar-refractivity contribution >= 4 is 22.0 Å². The summed E-state index contributed by atoms with van der Waals surface area (Å²) in [6.45, 7) is 8.36. The minimum atomic E-state index is 0.731. The van der Waals surface area contributed by atoms with Crippen LogP contribution in [0.2, 0.25) is 0 Å². The molecule has 0 spiro atoms. The van der Waals surface area contributed by atoms with Crippen molar-refractivity contribution in [1.29, 1.82) is 0 Å². The van der Waals surface area contributed by atoms with Crippen LogP contribution in [0.15, 0.2) is 104 Å². The topological polar surface area (TPSA) is 72.9 Å². The minimum Gasteiger partial charge on any atom is -0.287 e.